The van der Waals surface area contributed by atoms with Crippen LogP contribution in [-0.2, 0) is 4.79 Å². The lowest BCUT2D eigenvalue weighted by molar-refractivity contribution is -0.138. The fraction of sp³-hybridized carbons (Fsp3) is 0.462. The number of hydrogen-bond donors (Lipinski definition) is 1. The number of ether oxygens (including phenoxy) is 1. The van der Waals surface area contributed by atoms with Crippen molar-refractivity contribution < 1.29 is 22.7 Å². The molecule has 3 nitrogen and oxygen atoms in total. The van der Waals surface area contributed by atoms with E-state index >= 15 is 0 Å². The molecule has 0 fully saturated rings. The third-order valence-corrected chi connectivity index (χ3v) is 2.39. The first kappa shape index (κ1) is 15.3. The number of nitrogens with one attached hydrogen (secondary N) is 1. The monoisotopic (exact) mass is 275 g/mol. The van der Waals surface area contributed by atoms with Gasteiger partial charge in [0.2, 0.25) is 5.91 Å². The first-order valence-corrected chi connectivity index (χ1v) is 5.90. The first-order valence-electron chi connectivity index (χ1n) is 5.90. The Hall–Kier alpha value is -1.72. The number of benzene rings is 1. The molecule has 0 saturated carbocycles. The Labute approximate surface area is 109 Å². The van der Waals surface area contributed by atoms with Crippen LogP contribution in [0.5, 0.6) is 5.75 Å². The molecule has 0 spiro atoms. The lowest BCUT2D eigenvalue weighted by Crippen LogP contribution is -2.33. The van der Waals surface area contributed by atoms with E-state index in [0.717, 1.165) is 11.3 Å². The van der Waals surface area contributed by atoms with Crippen molar-refractivity contribution in [3.63, 3.8) is 0 Å². The zero-order chi connectivity index (χ0) is 14.3. The van der Waals surface area contributed by atoms with Gasteiger partial charge in [0, 0.05) is 6.42 Å². The van der Waals surface area contributed by atoms with E-state index in [4.69, 9.17) is 4.74 Å². The predicted molar refractivity (Wildman–Crippen MR) is 65.0 cm³/mol. The summed E-state index contributed by atoms with van der Waals surface area (Å²) in [5.74, 6) is 0.101. The predicted octanol–water partition coefficient (Wildman–Crippen LogP) is 2.83. The average molecular weight is 275 g/mol. The van der Waals surface area contributed by atoms with Gasteiger partial charge in [-0.3, -0.25) is 4.79 Å². The summed E-state index contributed by atoms with van der Waals surface area (Å²) in [6.07, 6.45) is -3.98. The maximum atomic E-state index is 11.8. The molecule has 0 bridgehead atoms. The van der Waals surface area contributed by atoms with Gasteiger partial charge in [-0.2, -0.15) is 13.2 Å². The Bertz CT molecular complexity index is 419. The molecule has 1 N–H and O–H groups in total. The van der Waals surface area contributed by atoms with Gasteiger partial charge >= 0.3 is 6.18 Å². The van der Waals surface area contributed by atoms with Crippen LogP contribution in [0.15, 0.2) is 24.3 Å². The largest absolute Gasteiger partial charge is 0.493 e. The van der Waals surface area contributed by atoms with Crippen LogP contribution in [0, 0.1) is 6.92 Å². The maximum absolute atomic E-state index is 11.8. The molecule has 19 heavy (non-hydrogen) atoms. The number of carbonyl (C=O) groups is 1. The molecule has 1 rings (SSSR count). The molecule has 1 amide bonds. The van der Waals surface area contributed by atoms with E-state index < -0.39 is 18.6 Å². The lowest BCUT2D eigenvalue weighted by atomic mass is 10.2. The van der Waals surface area contributed by atoms with E-state index in [1.54, 1.807) is 6.07 Å². The Morgan fingerprint density at radius 2 is 2.00 bits per heavy atom. The SMILES string of the molecule is Cc1ccccc1OCCCC(=O)NCC(F)(F)F. The molecular formula is C13H16F3NO2. The van der Waals surface area contributed by atoms with Crippen LogP contribution >= 0.6 is 0 Å². The van der Waals surface area contributed by atoms with Crippen molar-refractivity contribution in [1.82, 2.24) is 5.32 Å². The lowest BCUT2D eigenvalue weighted by Gasteiger charge is -2.10. The van der Waals surface area contributed by atoms with Crippen molar-refractivity contribution in [3.8, 4) is 5.75 Å². The molecule has 0 atom stereocenters. The van der Waals surface area contributed by atoms with Crippen LogP contribution in [0.3, 0.4) is 0 Å². The zero-order valence-corrected chi connectivity index (χ0v) is 10.6. The van der Waals surface area contributed by atoms with Crippen LogP contribution in [-0.4, -0.2) is 25.2 Å². The first-order chi connectivity index (χ1) is 8.88. The standard InChI is InChI=1S/C13H16F3NO2/c1-10-5-2-3-6-11(10)19-8-4-7-12(18)17-9-13(14,15)16/h2-3,5-6H,4,7-9H2,1H3,(H,17,18). The summed E-state index contributed by atoms with van der Waals surface area (Å²) in [6, 6.07) is 7.41. The third-order valence-electron chi connectivity index (χ3n) is 2.39. The second-order valence-electron chi connectivity index (χ2n) is 4.11. The molecular weight excluding hydrogens is 259 g/mol. The molecule has 0 radical (unpaired) electrons. The molecule has 106 valence electrons. The molecule has 0 aliphatic heterocycles. The second-order valence-corrected chi connectivity index (χ2v) is 4.11. The summed E-state index contributed by atoms with van der Waals surface area (Å²) >= 11 is 0. The molecule has 0 unspecified atom stereocenters. The molecule has 0 saturated heterocycles. The molecule has 0 aromatic heterocycles. The van der Waals surface area contributed by atoms with Crippen molar-refractivity contribution >= 4 is 5.91 Å². The van der Waals surface area contributed by atoms with E-state index in [1.807, 2.05) is 30.4 Å². The Balaban J connectivity index is 2.17. The number of alkyl halides is 3. The van der Waals surface area contributed by atoms with Crippen molar-refractivity contribution in [3.05, 3.63) is 29.8 Å². The average Bonchev–Trinajstić information content (AvgIpc) is 2.33. The molecule has 1 aromatic carbocycles. The number of amides is 1. The molecule has 0 heterocycles. The second kappa shape index (κ2) is 7.01. The highest BCUT2D eigenvalue weighted by Crippen LogP contribution is 2.16. The number of aryl methyl sites for hydroxylation is 1. The van der Waals surface area contributed by atoms with Crippen molar-refractivity contribution in [2.45, 2.75) is 25.9 Å². The number of hydrogen-bond acceptors (Lipinski definition) is 2. The van der Waals surface area contributed by atoms with Gasteiger partial charge in [0.05, 0.1) is 6.61 Å². The molecule has 6 heteroatoms. The number of rotatable bonds is 6. The minimum Gasteiger partial charge on any atom is -0.493 e. The number of carbonyl (C=O) groups excluding carboxylic acids is 1. The Morgan fingerprint density at radius 1 is 1.32 bits per heavy atom. The van der Waals surface area contributed by atoms with Crippen molar-refractivity contribution in [1.29, 1.82) is 0 Å². The minimum atomic E-state index is -4.37. The highest BCUT2D eigenvalue weighted by molar-refractivity contribution is 5.75. The smallest absolute Gasteiger partial charge is 0.405 e. The summed E-state index contributed by atoms with van der Waals surface area (Å²) in [5.41, 5.74) is 0.976. The van der Waals surface area contributed by atoms with Gasteiger partial charge in [-0.05, 0) is 25.0 Å². The van der Waals surface area contributed by atoms with Crippen LogP contribution in [0.2, 0.25) is 0 Å². The van der Waals surface area contributed by atoms with Crippen molar-refractivity contribution in [2.24, 2.45) is 0 Å². The van der Waals surface area contributed by atoms with Gasteiger partial charge in [0.1, 0.15) is 12.3 Å². The third kappa shape index (κ3) is 6.69. The number of halogens is 3. The highest BCUT2D eigenvalue weighted by Gasteiger charge is 2.27. The highest BCUT2D eigenvalue weighted by atomic mass is 19.4. The van der Waals surface area contributed by atoms with E-state index in [9.17, 15) is 18.0 Å². The van der Waals surface area contributed by atoms with Crippen LogP contribution in [0.1, 0.15) is 18.4 Å². The molecule has 0 aliphatic rings. The Morgan fingerprint density at radius 3 is 2.63 bits per heavy atom. The zero-order valence-electron chi connectivity index (χ0n) is 10.6. The normalized spacial score (nSPS) is 11.2. The fourth-order valence-corrected chi connectivity index (χ4v) is 1.42. The van der Waals surface area contributed by atoms with E-state index in [0.29, 0.717) is 13.0 Å². The van der Waals surface area contributed by atoms with Gasteiger partial charge in [0.25, 0.3) is 0 Å². The molecule has 1 aromatic rings. The van der Waals surface area contributed by atoms with Gasteiger partial charge in [-0.1, -0.05) is 18.2 Å². The van der Waals surface area contributed by atoms with E-state index in [2.05, 4.69) is 0 Å². The fourth-order valence-electron chi connectivity index (χ4n) is 1.42. The van der Waals surface area contributed by atoms with E-state index in [1.165, 1.54) is 0 Å². The summed E-state index contributed by atoms with van der Waals surface area (Å²) in [4.78, 5) is 11.1. The summed E-state index contributed by atoms with van der Waals surface area (Å²) < 4.78 is 40.9. The van der Waals surface area contributed by atoms with Gasteiger partial charge in [-0.15, -0.1) is 0 Å². The van der Waals surface area contributed by atoms with Gasteiger partial charge in [0.15, 0.2) is 0 Å². The van der Waals surface area contributed by atoms with Crippen LogP contribution in [0.4, 0.5) is 13.2 Å². The van der Waals surface area contributed by atoms with Crippen LogP contribution < -0.4 is 10.1 Å². The summed E-state index contributed by atoms with van der Waals surface area (Å²) in [6.45, 7) is 0.903. The van der Waals surface area contributed by atoms with Crippen LogP contribution in [0.25, 0.3) is 0 Å². The minimum absolute atomic E-state index is 0.0158. The topological polar surface area (TPSA) is 38.3 Å². The van der Waals surface area contributed by atoms with Crippen molar-refractivity contribution in [2.75, 3.05) is 13.2 Å². The van der Waals surface area contributed by atoms with Gasteiger partial charge in [-0.25, -0.2) is 0 Å². The Kier molecular flexibility index (Phi) is 5.66. The quantitative estimate of drug-likeness (QED) is 0.811. The molecule has 0 aliphatic carbocycles. The number of para-hydroxylation sites is 1. The summed E-state index contributed by atoms with van der Waals surface area (Å²) in [5, 5.41) is 1.81. The maximum Gasteiger partial charge on any atom is 0.405 e. The summed E-state index contributed by atoms with van der Waals surface area (Å²) in [7, 11) is 0. The van der Waals surface area contributed by atoms with E-state index in [-0.39, 0.29) is 6.42 Å². The van der Waals surface area contributed by atoms with Gasteiger partial charge < -0.3 is 10.1 Å².